The lowest BCUT2D eigenvalue weighted by Gasteiger charge is -2.24. The van der Waals surface area contributed by atoms with Gasteiger partial charge in [-0.3, -0.25) is 14.4 Å². The second-order valence-corrected chi connectivity index (χ2v) is 5.52. The SMILES string of the molecule is COC(=O)CCNC(=O)C1CCCN1C(=O)Cc1ccccc1. The molecule has 0 spiro atoms. The number of nitrogens with zero attached hydrogens (tertiary/aromatic N) is 1. The predicted octanol–water partition coefficient (Wildman–Crippen LogP) is 0.899. The standard InChI is InChI=1S/C17H22N2O4/c1-23-16(21)9-10-18-17(22)14-8-5-11-19(14)15(20)12-13-6-3-2-4-7-13/h2-4,6-7,14H,5,8-12H2,1H3,(H,18,22). The summed E-state index contributed by atoms with van der Waals surface area (Å²) in [4.78, 5) is 37.3. The van der Waals surface area contributed by atoms with Crippen LogP contribution in [0.25, 0.3) is 0 Å². The Kier molecular flexibility index (Phi) is 6.14. The van der Waals surface area contributed by atoms with E-state index in [0.29, 0.717) is 19.4 Å². The summed E-state index contributed by atoms with van der Waals surface area (Å²) in [6, 6.07) is 9.05. The Bertz CT molecular complexity index is 559. The minimum atomic E-state index is -0.441. The van der Waals surface area contributed by atoms with Crippen LogP contribution in [0.5, 0.6) is 0 Å². The first kappa shape index (κ1) is 17.0. The smallest absolute Gasteiger partial charge is 0.307 e. The van der Waals surface area contributed by atoms with E-state index in [1.807, 2.05) is 30.3 Å². The van der Waals surface area contributed by atoms with Crippen molar-refractivity contribution < 1.29 is 19.1 Å². The number of hydrogen-bond acceptors (Lipinski definition) is 4. The molecule has 1 aromatic rings. The Morgan fingerprint density at radius 1 is 1.26 bits per heavy atom. The van der Waals surface area contributed by atoms with Crippen LogP contribution in [0, 0.1) is 0 Å². The fourth-order valence-corrected chi connectivity index (χ4v) is 2.72. The van der Waals surface area contributed by atoms with E-state index >= 15 is 0 Å². The normalized spacial score (nSPS) is 16.9. The molecule has 1 atom stereocenters. The highest BCUT2D eigenvalue weighted by molar-refractivity contribution is 5.89. The van der Waals surface area contributed by atoms with Crippen molar-refractivity contribution in [2.75, 3.05) is 20.2 Å². The van der Waals surface area contributed by atoms with Gasteiger partial charge in [0.1, 0.15) is 6.04 Å². The molecule has 0 saturated carbocycles. The van der Waals surface area contributed by atoms with E-state index in [0.717, 1.165) is 12.0 Å². The van der Waals surface area contributed by atoms with Gasteiger partial charge in [0.2, 0.25) is 11.8 Å². The monoisotopic (exact) mass is 318 g/mol. The van der Waals surface area contributed by atoms with Gasteiger partial charge in [0, 0.05) is 13.1 Å². The second-order valence-electron chi connectivity index (χ2n) is 5.52. The highest BCUT2D eigenvalue weighted by Gasteiger charge is 2.33. The molecule has 0 aliphatic carbocycles. The van der Waals surface area contributed by atoms with Crippen molar-refractivity contribution in [3.63, 3.8) is 0 Å². The maximum absolute atomic E-state index is 12.4. The van der Waals surface area contributed by atoms with Crippen LogP contribution >= 0.6 is 0 Å². The molecule has 2 amide bonds. The van der Waals surface area contributed by atoms with Crippen LogP contribution in [0.3, 0.4) is 0 Å². The van der Waals surface area contributed by atoms with Crippen LogP contribution in [0.1, 0.15) is 24.8 Å². The van der Waals surface area contributed by atoms with Gasteiger partial charge in [0.15, 0.2) is 0 Å². The Balaban J connectivity index is 1.87. The predicted molar refractivity (Wildman–Crippen MR) is 84.5 cm³/mol. The number of carbonyl (C=O) groups excluding carboxylic acids is 3. The Hall–Kier alpha value is -2.37. The zero-order valence-electron chi connectivity index (χ0n) is 13.3. The number of ether oxygens (including phenoxy) is 1. The van der Waals surface area contributed by atoms with Gasteiger partial charge < -0.3 is 15.0 Å². The van der Waals surface area contributed by atoms with Crippen LogP contribution in [0.2, 0.25) is 0 Å². The lowest BCUT2D eigenvalue weighted by Crippen LogP contribution is -2.46. The number of methoxy groups -OCH3 is 1. The van der Waals surface area contributed by atoms with Crippen molar-refractivity contribution in [2.45, 2.75) is 31.7 Å². The molecule has 23 heavy (non-hydrogen) atoms. The number of likely N-dealkylation sites (tertiary alicyclic amines) is 1. The molecule has 2 rings (SSSR count). The number of nitrogens with one attached hydrogen (secondary N) is 1. The van der Waals surface area contributed by atoms with Gasteiger partial charge in [-0.25, -0.2) is 0 Å². The molecule has 1 saturated heterocycles. The molecule has 0 aromatic heterocycles. The largest absolute Gasteiger partial charge is 0.469 e. The zero-order chi connectivity index (χ0) is 16.7. The lowest BCUT2D eigenvalue weighted by molar-refractivity contribution is -0.141. The highest BCUT2D eigenvalue weighted by Crippen LogP contribution is 2.19. The molecule has 6 nitrogen and oxygen atoms in total. The molecule has 124 valence electrons. The van der Waals surface area contributed by atoms with E-state index in [-0.39, 0.29) is 30.7 Å². The van der Waals surface area contributed by atoms with Gasteiger partial charge in [-0.2, -0.15) is 0 Å². The molecular weight excluding hydrogens is 296 g/mol. The van der Waals surface area contributed by atoms with Crippen molar-refractivity contribution >= 4 is 17.8 Å². The van der Waals surface area contributed by atoms with Crippen molar-refractivity contribution in [1.82, 2.24) is 10.2 Å². The highest BCUT2D eigenvalue weighted by atomic mass is 16.5. The van der Waals surface area contributed by atoms with E-state index in [1.54, 1.807) is 4.90 Å². The number of benzene rings is 1. The first-order valence-corrected chi connectivity index (χ1v) is 7.79. The molecule has 0 radical (unpaired) electrons. The molecule has 0 bridgehead atoms. The number of amides is 2. The van der Waals surface area contributed by atoms with Gasteiger partial charge >= 0.3 is 5.97 Å². The lowest BCUT2D eigenvalue weighted by atomic mass is 10.1. The Morgan fingerprint density at radius 3 is 2.70 bits per heavy atom. The first-order chi connectivity index (χ1) is 11.1. The van der Waals surface area contributed by atoms with Crippen molar-refractivity contribution in [2.24, 2.45) is 0 Å². The van der Waals surface area contributed by atoms with Crippen molar-refractivity contribution in [3.05, 3.63) is 35.9 Å². The minimum absolute atomic E-state index is 0.0400. The molecule has 1 unspecified atom stereocenters. The molecule has 1 aromatic carbocycles. The van der Waals surface area contributed by atoms with Gasteiger partial charge in [-0.05, 0) is 18.4 Å². The van der Waals surface area contributed by atoms with E-state index in [2.05, 4.69) is 10.1 Å². The average molecular weight is 318 g/mol. The van der Waals surface area contributed by atoms with E-state index < -0.39 is 6.04 Å². The summed E-state index contributed by atoms with van der Waals surface area (Å²) in [6.45, 7) is 0.823. The Labute approximate surface area is 135 Å². The summed E-state index contributed by atoms with van der Waals surface area (Å²) in [7, 11) is 1.31. The fraction of sp³-hybridized carbons (Fsp3) is 0.471. The van der Waals surface area contributed by atoms with Gasteiger partial charge in [-0.1, -0.05) is 30.3 Å². The van der Waals surface area contributed by atoms with E-state index in [9.17, 15) is 14.4 Å². The topological polar surface area (TPSA) is 75.7 Å². The fourth-order valence-electron chi connectivity index (χ4n) is 2.72. The molecule has 1 N–H and O–H groups in total. The van der Waals surface area contributed by atoms with Crippen LogP contribution in [0.4, 0.5) is 0 Å². The third-order valence-electron chi connectivity index (χ3n) is 3.93. The number of esters is 1. The average Bonchev–Trinajstić information content (AvgIpc) is 3.05. The summed E-state index contributed by atoms with van der Waals surface area (Å²) in [5.74, 6) is -0.608. The summed E-state index contributed by atoms with van der Waals surface area (Å²) in [5, 5.41) is 2.70. The quantitative estimate of drug-likeness (QED) is 0.791. The number of hydrogen-bond donors (Lipinski definition) is 1. The molecule has 1 aliphatic rings. The van der Waals surface area contributed by atoms with E-state index in [4.69, 9.17) is 0 Å². The zero-order valence-corrected chi connectivity index (χ0v) is 13.3. The molecule has 1 heterocycles. The summed E-state index contributed by atoms with van der Waals surface area (Å²) in [5.41, 5.74) is 0.939. The first-order valence-electron chi connectivity index (χ1n) is 7.79. The number of rotatable bonds is 6. The summed E-state index contributed by atoms with van der Waals surface area (Å²) in [6.07, 6.45) is 1.90. The third-order valence-corrected chi connectivity index (χ3v) is 3.93. The summed E-state index contributed by atoms with van der Waals surface area (Å²) < 4.78 is 4.53. The molecule has 1 aliphatic heterocycles. The Morgan fingerprint density at radius 2 is 2.00 bits per heavy atom. The van der Waals surface area contributed by atoms with E-state index in [1.165, 1.54) is 7.11 Å². The van der Waals surface area contributed by atoms with Crippen LogP contribution in [-0.2, 0) is 25.5 Å². The summed E-state index contributed by atoms with van der Waals surface area (Å²) >= 11 is 0. The maximum Gasteiger partial charge on any atom is 0.307 e. The van der Waals surface area contributed by atoms with Crippen LogP contribution in [0.15, 0.2) is 30.3 Å². The molecular formula is C17H22N2O4. The van der Waals surface area contributed by atoms with Crippen LogP contribution in [-0.4, -0.2) is 48.9 Å². The second kappa shape index (κ2) is 8.31. The van der Waals surface area contributed by atoms with Crippen molar-refractivity contribution in [3.8, 4) is 0 Å². The van der Waals surface area contributed by atoms with Crippen LogP contribution < -0.4 is 5.32 Å². The minimum Gasteiger partial charge on any atom is -0.469 e. The molecule has 6 heteroatoms. The van der Waals surface area contributed by atoms with Gasteiger partial charge in [-0.15, -0.1) is 0 Å². The molecule has 1 fully saturated rings. The van der Waals surface area contributed by atoms with Gasteiger partial charge in [0.25, 0.3) is 0 Å². The number of carbonyl (C=O) groups is 3. The maximum atomic E-state index is 12.4. The third kappa shape index (κ3) is 4.81. The van der Waals surface area contributed by atoms with Gasteiger partial charge in [0.05, 0.1) is 20.0 Å². The van der Waals surface area contributed by atoms with Crippen molar-refractivity contribution in [1.29, 1.82) is 0 Å².